The summed E-state index contributed by atoms with van der Waals surface area (Å²) in [5, 5.41) is 17.3. The van der Waals surface area contributed by atoms with Crippen LogP contribution >= 0.6 is 0 Å². The number of fused-ring (bicyclic) bond motifs is 9. The monoisotopic (exact) mass is 713 g/mol. The Morgan fingerprint density at radius 2 is 0.911 bits per heavy atom. The molecule has 0 spiro atoms. The van der Waals surface area contributed by atoms with Crippen molar-refractivity contribution in [3.63, 3.8) is 0 Å². The highest BCUT2D eigenvalue weighted by molar-refractivity contribution is 6.12. The van der Waals surface area contributed by atoms with Gasteiger partial charge in [-0.05, 0) is 66.2 Å². The van der Waals surface area contributed by atoms with Gasteiger partial charge in [-0.3, -0.25) is 0 Å². The maximum Gasteiger partial charge on any atom is 0.189 e. The third-order valence-corrected chi connectivity index (χ3v) is 11.4. The fourth-order valence-corrected chi connectivity index (χ4v) is 9.05. The lowest BCUT2D eigenvalue weighted by Crippen LogP contribution is -2.12. The normalized spacial score (nSPS) is 11.6. The fraction of sp³-hybridized carbons (Fsp3) is 0.0196. The average molecular weight is 714 g/mol. The molecule has 0 radical (unpaired) electrons. The summed E-state index contributed by atoms with van der Waals surface area (Å²) in [7, 11) is 0. The van der Waals surface area contributed by atoms with Crippen LogP contribution in [0.4, 0.5) is 5.69 Å². The molecule has 0 unspecified atom stereocenters. The van der Waals surface area contributed by atoms with Crippen molar-refractivity contribution < 1.29 is 0 Å². The van der Waals surface area contributed by atoms with Crippen molar-refractivity contribution in [2.75, 3.05) is 0 Å². The minimum absolute atomic E-state index is 0.433. The summed E-state index contributed by atoms with van der Waals surface area (Å²) in [6, 6.07) is 64.1. The van der Waals surface area contributed by atoms with Crippen LogP contribution < -0.4 is 0 Å². The van der Waals surface area contributed by atoms with Gasteiger partial charge in [-0.25, -0.2) is 4.85 Å². The predicted octanol–water partition coefficient (Wildman–Crippen LogP) is 13.1. The lowest BCUT2D eigenvalue weighted by molar-refractivity contribution is 0.850. The standard InChI is InChI=1S/C51H31N5/c1-53-35-29-33(31-52)28-34(30-35)36-26-27-50(55-46-22-10-4-16-39(46)40-17-5-11-23-47(40)55)43(32-54-44-20-8-2-14-37(44)38-15-3-9-21-45(38)54)51(36)56-48-24-12-6-18-41(48)42-19-7-13-25-49(42)56/h2-30H,32H2. The SMILES string of the molecule is [C-]#[N+]c1cc(C#N)cc(-c2ccc(-n3c4ccccc4c4ccccc43)c(Cn3c4ccccc4c4ccccc43)c2-n2c3ccccc3c3ccccc32)c1. The summed E-state index contributed by atoms with van der Waals surface area (Å²) in [4.78, 5) is 3.82. The minimum atomic E-state index is 0.433. The number of nitrogens with zero attached hydrogens (tertiary/aromatic N) is 5. The second-order valence-corrected chi connectivity index (χ2v) is 14.3. The van der Waals surface area contributed by atoms with E-state index < -0.39 is 0 Å². The summed E-state index contributed by atoms with van der Waals surface area (Å²) in [5.41, 5.74) is 12.6. The third-order valence-electron chi connectivity index (χ3n) is 11.4. The maximum atomic E-state index is 10.2. The summed E-state index contributed by atoms with van der Waals surface area (Å²) in [6.07, 6.45) is 0. The molecule has 11 rings (SSSR count). The highest BCUT2D eigenvalue weighted by atomic mass is 15.1. The second-order valence-electron chi connectivity index (χ2n) is 14.3. The van der Waals surface area contributed by atoms with Crippen LogP contribution in [-0.2, 0) is 6.54 Å². The molecule has 3 aromatic heterocycles. The van der Waals surface area contributed by atoms with Crippen LogP contribution in [0.15, 0.2) is 176 Å². The highest BCUT2D eigenvalue weighted by Crippen LogP contribution is 2.44. The summed E-state index contributed by atoms with van der Waals surface area (Å²) < 4.78 is 7.29. The van der Waals surface area contributed by atoms with Gasteiger partial charge in [-0.1, -0.05) is 115 Å². The first kappa shape index (κ1) is 31.6. The molecule has 5 heteroatoms. The third kappa shape index (κ3) is 4.59. The molecule has 3 heterocycles. The summed E-state index contributed by atoms with van der Waals surface area (Å²) in [6.45, 7) is 8.54. The molecule has 0 saturated carbocycles. The first-order chi connectivity index (χ1) is 27.7. The van der Waals surface area contributed by atoms with Crippen molar-refractivity contribution in [1.82, 2.24) is 13.7 Å². The van der Waals surface area contributed by atoms with Crippen LogP contribution in [-0.4, -0.2) is 13.7 Å². The Labute approximate surface area is 322 Å². The van der Waals surface area contributed by atoms with E-state index in [1.54, 1.807) is 6.07 Å². The quantitative estimate of drug-likeness (QED) is 0.164. The van der Waals surface area contributed by atoms with Gasteiger partial charge in [0.1, 0.15) is 0 Å². The van der Waals surface area contributed by atoms with Crippen molar-refractivity contribution in [2.45, 2.75) is 6.54 Å². The number of hydrogen-bond acceptors (Lipinski definition) is 1. The van der Waals surface area contributed by atoms with Gasteiger partial charge >= 0.3 is 0 Å². The van der Waals surface area contributed by atoms with E-state index in [0.29, 0.717) is 17.8 Å². The molecule has 0 atom stereocenters. The molecule has 0 aliphatic heterocycles. The average Bonchev–Trinajstić information content (AvgIpc) is 3.89. The van der Waals surface area contributed by atoms with Crippen LogP contribution in [0.2, 0.25) is 0 Å². The topological polar surface area (TPSA) is 42.9 Å². The van der Waals surface area contributed by atoms with E-state index in [9.17, 15) is 5.26 Å². The van der Waals surface area contributed by atoms with Crippen molar-refractivity contribution in [3.05, 3.63) is 198 Å². The molecule has 8 aromatic carbocycles. The lowest BCUT2D eigenvalue weighted by Gasteiger charge is -2.24. The zero-order valence-corrected chi connectivity index (χ0v) is 30.2. The Bertz CT molecular complexity index is 3300. The molecular weight excluding hydrogens is 683 g/mol. The molecule has 5 nitrogen and oxygen atoms in total. The molecule has 0 aliphatic carbocycles. The largest absolute Gasteiger partial charge is 0.336 e. The molecule has 56 heavy (non-hydrogen) atoms. The van der Waals surface area contributed by atoms with E-state index in [2.05, 4.69) is 182 Å². The molecule has 11 aromatic rings. The lowest BCUT2D eigenvalue weighted by atomic mass is 9.95. The van der Waals surface area contributed by atoms with Gasteiger partial charge in [0.2, 0.25) is 0 Å². The summed E-state index contributed by atoms with van der Waals surface area (Å²) in [5.74, 6) is 0. The van der Waals surface area contributed by atoms with Gasteiger partial charge in [0, 0.05) is 60.0 Å². The van der Waals surface area contributed by atoms with Gasteiger partial charge in [0.05, 0.1) is 52.6 Å². The first-order valence-electron chi connectivity index (χ1n) is 18.7. The van der Waals surface area contributed by atoms with Crippen molar-refractivity contribution in [1.29, 1.82) is 5.26 Å². The number of benzene rings is 8. The zero-order chi connectivity index (χ0) is 37.3. The molecule has 0 saturated heterocycles. The van der Waals surface area contributed by atoms with Crippen LogP contribution in [0.5, 0.6) is 0 Å². The van der Waals surface area contributed by atoms with E-state index in [4.69, 9.17) is 6.57 Å². The van der Waals surface area contributed by atoms with Gasteiger partial charge < -0.3 is 13.7 Å². The predicted molar refractivity (Wildman–Crippen MR) is 230 cm³/mol. The minimum Gasteiger partial charge on any atom is -0.336 e. The molecule has 0 bridgehead atoms. The number of nitriles is 1. The van der Waals surface area contributed by atoms with Gasteiger partial charge in [0.25, 0.3) is 0 Å². The van der Waals surface area contributed by atoms with Crippen LogP contribution in [0.1, 0.15) is 11.1 Å². The number of para-hydroxylation sites is 6. The number of rotatable bonds is 5. The summed E-state index contributed by atoms with van der Waals surface area (Å²) >= 11 is 0. The van der Waals surface area contributed by atoms with Gasteiger partial charge in [0.15, 0.2) is 5.69 Å². The smallest absolute Gasteiger partial charge is 0.189 e. The molecule has 0 amide bonds. The van der Waals surface area contributed by atoms with Crippen LogP contribution in [0.25, 0.3) is 92.8 Å². The van der Waals surface area contributed by atoms with E-state index in [-0.39, 0.29) is 0 Å². The molecule has 0 aliphatic rings. The Morgan fingerprint density at radius 3 is 1.38 bits per heavy atom. The van der Waals surface area contributed by atoms with E-state index >= 15 is 0 Å². The van der Waals surface area contributed by atoms with Crippen molar-refractivity contribution in [2.24, 2.45) is 0 Å². The van der Waals surface area contributed by atoms with E-state index in [1.165, 1.54) is 21.5 Å². The second kappa shape index (κ2) is 12.4. The van der Waals surface area contributed by atoms with Crippen molar-refractivity contribution >= 4 is 71.1 Å². The van der Waals surface area contributed by atoms with Crippen LogP contribution in [0.3, 0.4) is 0 Å². The number of hydrogen-bond donors (Lipinski definition) is 0. The maximum absolute atomic E-state index is 10.2. The fourth-order valence-electron chi connectivity index (χ4n) is 9.05. The zero-order valence-electron chi connectivity index (χ0n) is 30.2. The molecule has 0 fully saturated rings. The van der Waals surface area contributed by atoms with Crippen molar-refractivity contribution in [3.8, 4) is 28.6 Å². The van der Waals surface area contributed by atoms with Gasteiger partial charge in [-0.15, -0.1) is 0 Å². The Morgan fingerprint density at radius 1 is 0.482 bits per heavy atom. The molecule has 0 N–H and O–H groups in total. The van der Waals surface area contributed by atoms with Gasteiger partial charge in [-0.2, -0.15) is 5.26 Å². The van der Waals surface area contributed by atoms with E-state index in [0.717, 1.165) is 71.9 Å². The molecule has 260 valence electrons. The Kier molecular flexibility index (Phi) is 6.98. The first-order valence-corrected chi connectivity index (χ1v) is 18.7. The van der Waals surface area contributed by atoms with Crippen LogP contribution in [0, 0.1) is 17.9 Å². The Hall–Kier alpha value is -7.86. The molecular formula is C51H31N5. The Balaban J connectivity index is 1.37. The highest BCUT2D eigenvalue weighted by Gasteiger charge is 2.25. The number of aromatic nitrogens is 3. The van der Waals surface area contributed by atoms with E-state index in [1.807, 2.05) is 12.1 Å².